The number of amides is 2. The predicted octanol–water partition coefficient (Wildman–Crippen LogP) is 4.25. The molecular formula is C25H34N4O2. The molecule has 6 heteroatoms. The summed E-state index contributed by atoms with van der Waals surface area (Å²) in [6.07, 6.45) is 3.14. The number of carbonyl (C=O) groups is 1. The number of urea groups is 1. The van der Waals surface area contributed by atoms with Crippen molar-refractivity contribution in [1.82, 2.24) is 9.80 Å². The Labute approximate surface area is 185 Å². The molecule has 2 heterocycles. The lowest BCUT2D eigenvalue weighted by atomic mass is 9.89. The van der Waals surface area contributed by atoms with Gasteiger partial charge in [-0.25, -0.2) is 4.79 Å². The van der Waals surface area contributed by atoms with Crippen LogP contribution in [0.2, 0.25) is 0 Å². The predicted molar refractivity (Wildman–Crippen MR) is 126 cm³/mol. The van der Waals surface area contributed by atoms with Gasteiger partial charge in [-0.15, -0.1) is 0 Å². The number of benzene rings is 2. The second kappa shape index (κ2) is 9.60. The summed E-state index contributed by atoms with van der Waals surface area (Å²) >= 11 is 0. The fourth-order valence-electron chi connectivity index (χ4n) is 4.67. The number of methoxy groups -OCH3 is 1. The lowest BCUT2D eigenvalue weighted by Gasteiger charge is -2.32. The Hall–Kier alpha value is -2.73. The molecule has 2 fully saturated rings. The van der Waals surface area contributed by atoms with Gasteiger partial charge in [0, 0.05) is 43.6 Å². The van der Waals surface area contributed by atoms with E-state index in [1.54, 1.807) is 7.11 Å². The molecule has 2 aliphatic heterocycles. The van der Waals surface area contributed by atoms with E-state index >= 15 is 0 Å². The van der Waals surface area contributed by atoms with Crippen molar-refractivity contribution in [1.29, 1.82) is 0 Å². The fourth-order valence-corrected chi connectivity index (χ4v) is 4.67. The normalized spacial score (nSPS) is 19.7. The van der Waals surface area contributed by atoms with Crippen molar-refractivity contribution in [3.63, 3.8) is 0 Å². The molecule has 4 rings (SSSR count). The molecule has 0 radical (unpaired) electrons. The van der Waals surface area contributed by atoms with Crippen molar-refractivity contribution in [3.8, 4) is 5.75 Å². The number of hydrogen-bond donors (Lipinski definition) is 1. The Morgan fingerprint density at radius 1 is 1.03 bits per heavy atom. The monoisotopic (exact) mass is 422 g/mol. The molecular weight excluding hydrogens is 388 g/mol. The summed E-state index contributed by atoms with van der Waals surface area (Å²) in [6.45, 7) is 3.68. The van der Waals surface area contributed by atoms with E-state index in [-0.39, 0.29) is 6.03 Å². The van der Waals surface area contributed by atoms with E-state index in [0.717, 1.165) is 50.5 Å². The van der Waals surface area contributed by atoms with Gasteiger partial charge in [-0.05, 0) is 81.2 Å². The smallest absolute Gasteiger partial charge is 0.321 e. The topological polar surface area (TPSA) is 48.1 Å². The molecule has 0 aromatic heterocycles. The van der Waals surface area contributed by atoms with Crippen LogP contribution < -0.4 is 15.0 Å². The van der Waals surface area contributed by atoms with E-state index < -0.39 is 0 Å². The van der Waals surface area contributed by atoms with Gasteiger partial charge in [0.1, 0.15) is 5.75 Å². The maximum atomic E-state index is 12.7. The van der Waals surface area contributed by atoms with E-state index in [2.05, 4.69) is 53.5 Å². The third kappa shape index (κ3) is 5.13. The molecule has 1 unspecified atom stereocenters. The van der Waals surface area contributed by atoms with Gasteiger partial charge in [0.2, 0.25) is 0 Å². The average molecular weight is 423 g/mol. The van der Waals surface area contributed by atoms with Crippen LogP contribution in [0.15, 0.2) is 48.5 Å². The first-order valence-electron chi connectivity index (χ1n) is 11.2. The van der Waals surface area contributed by atoms with Gasteiger partial charge in [-0.2, -0.15) is 0 Å². The quantitative estimate of drug-likeness (QED) is 0.783. The van der Waals surface area contributed by atoms with Crippen LogP contribution >= 0.6 is 0 Å². The van der Waals surface area contributed by atoms with Crippen LogP contribution in [0.1, 0.15) is 30.7 Å². The summed E-state index contributed by atoms with van der Waals surface area (Å²) in [5.74, 6) is 1.37. The number of nitrogens with zero attached hydrogens (tertiary/aromatic N) is 3. The summed E-state index contributed by atoms with van der Waals surface area (Å²) in [6, 6.07) is 17.1. The molecule has 2 amide bonds. The number of nitrogens with one attached hydrogen (secondary N) is 1. The number of hydrogen-bond acceptors (Lipinski definition) is 4. The number of likely N-dealkylation sites (N-methyl/N-ethyl adjacent to an activating group) is 1. The van der Waals surface area contributed by atoms with Crippen molar-refractivity contribution in [2.75, 3.05) is 57.6 Å². The average Bonchev–Trinajstić information content (AvgIpc) is 3.30. The number of carbonyl (C=O) groups excluding carboxylic acids is 1. The van der Waals surface area contributed by atoms with E-state index in [9.17, 15) is 4.79 Å². The van der Waals surface area contributed by atoms with Crippen molar-refractivity contribution in [2.45, 2.75) is 31.2 Å². The molecule has 1 N–H and O–H groups in total. The van der Waals surface area contributed by atoms with Gasteiger partial charge < -0.3 is 24.8 Å². The van der Waals surface area contributed by atoms with Crippen LogP contribution in [0.3, 0.4) is 0 Å². The van der Waals surface area contributed by atoms with Crippen LogP contribution in [0.25, 0.3) is 0 Å². The maximum absolute atomic E-state index is 12.7. The number of anilines is 2. The summed E-state index contributed by atoms with van der Waals surface area (Å²) in [5.41, 5.74) is 3.38. The van der Waals surface area contributed by atoms with E-state index in [1.165, 1.54) is 17.7 Å². The van der Waals surface area contributed by atoms with Gasteiger partial charge in [-0.3, -0.25) is 0 Å². The fraction of sp³-hybridized carbons (Fsp3) is 0.480. The Bertz CT molecular complexity index is 875. The SMILES string of the molecule is COc1cccc(C2CCN(C(=O)Nc3ccc(N4CCC(N(C)C)C4)cc3)CC2)c1. The number of likely N-dealkylation sites (tertiary alicyclic amines) is 1. The first-order valence-corrected chi connectivity index (χ1v) is 11.2. The van der Waals surface area contributed by atoms with Crippen LogP contribution in [0.4, 0.5) is 16.2 Å². The van der Waals surface area contributed by atoms with Crippen LogP contribution in [0.5, 0.6) is 5.75 Å². The summed E-state index contributed by atoms with van der Waals surface area (Å²) < 4.78 is 5.35. The largest absolute Gasteiger partial charge is 0.497 e. The van der Waals surface area contributed by atoms with Crippen LogP contribution in [-0.2, 0) is 0 Å². The zero-order chi connectivity index (χ0) is 21.8. The maximum Gasteiger partial charge on any atom is 0.321 e. The van der Waals surface area contributed by atoms with Gasteiger partial charge in [0.05, 0.1) is 7.11 Å². The highest BCUT2D eigenvalue weighted by molar-refractivity contribution is 5.89. The number of ether oxygens (including phenoxy) is 1. The van der Waals surface area contributed by atoms with Gasteiger partial charge in [0.25, 0.3) is 0 Å². The van der Waals surface area contributed by atoms with Gasteiger partial charge in [-0.1, -0.05) is 12.1 Å². The molecule has 166 valence electrons. The molecule has 2 aromatic rings. The lowest BCUT2D eigenvalue weighted by Crippen LogP contribution is -2.40. The second-order valence-electron chi connectivity index (χ2n) is 8.87. The number of piperidine rings is 1. The van der Waals surface area contributed by atoms with Crippen molar-refractivity contribution < 1.29 is 9.53 Å². The molecule has 31 heavy (non-hydrogen) atoms. The highest BCUT2D eigenvalue weighted by atomic mass is 16.5. The van der Waals surface area contributed by atoms with Crippen molar-refractivity contribution in [3.05, 3.63) is 54.1 Å². The molecule has 0 bridgehead atoms. The third-order valence-corrected chi connectivity index (χ3v) is 6.72. The zero-order valence-corrected chi connectivity index (χ0v) is 18.9. The summed E-state index contributed by atoms with van der Waals surface area (Å²) in [5, 5.41) is 3.07. The first-order chi connectivity index (χ1) is 15.0. The van der Waals surface area contributed by atoms with E-state index in [0.29, 0.717) is 12.0 Å². The number of rotatable bonds is 5. The Kier molecular flexibility index (Phi) is 6.66. The molecule has 2 aromatic carbocycles. The standard InChI is InChI=1S/C25H34N4O2/c1-27(2)23-13-16-29(18-23)22-9-7-21(8-10-22)26-25(30)28-14-11-19(12-15-28)20-5-4-6-24(17-20)31-3/h4-10,17,19,23H,11-16,18H2,1-3H3,(H,26,30). The van der Waals surface area contributed by atoms with Crippen LogP contribution in [0, 0.1) is 0 Å². The Morgan fingerprint density at radius 2 is 1.77 bits per heavy atom. The van der Waals surface area contributed by atoms with Crippen molar-refractivity contribution >= 4 is 17.4 Å². The second-order valence-corrected chi connectivity index (χ2v) is 8.87. The summed E-state index contributed by atoms with van der Waals surface area (Å²) in [4.78, 5) is 19.4. The molecule has 2 saturated heterocycles. The Balaban J connectivity index is 1.28. The zero-order valence-electron chi connectivity index (χ0n) is 18.9. The minimum Gasteiger partial charge on any atom is -0.497 e. The molecule has 0 saturated carbocycles. The van der Waals surface area contributed by atoms with Crippen LogP contribution in [-0.4, -0.2) is 69.3 Å². The highest BCUT2D eigenvalue weighted by Crippen LogP contribution is 2.30. The minimum atomic E-state index is -0.00862. The van der Waals surface area contributed by atoms with E-state index in [1.807, 2.05) is 29.2 Å². The molecule has 0 spiro atoms. The highest BCUT2D eigenvalue weighted by Gasteiger charge is 2.25. The molecule has 6 nitrogen and oxygen atoms in total. The molecule has 1 atom stereocenters. The summed E-state index contributed by atoms with van der Waals surface area (Å²) in [7, 11) is 5.99. The lowest BCUT2D eigenvalue weighted by molar-refractivity contribution is 0.194. The third-order valence-electron chi connectivity index (χ3n) is 6.72. The van der Waals surface area contributed by atoms with Gasteiger partial charge in [0.15, 0.2) is 0 Å². The molecule has 2 aliphatic rings. The van der Waals surface area contributed by atoms with Crippen molar-refractivity contribution in [2.24, 2.45) is 0 Å². The first kappa shape index (κ1) is 21.5. The Morgan fingerprint density at radius 3 is 2.42 bits per heavy atom. The van der Waals surface area contributed by atoms with E-state index in [4.69, 9.17) is 4.74 Å². The van der Waals surface area contributed by atoms with Gasteiger partial charge >= 0.3 is 6.03 Å². The molecule has 0 aliphatic carbocycles. The minimum absolute atomic E-state index is 0.00862.